The van der Waals surface area contributed by atoms with E-state index in [1.54, 1.807) is 6.20 Å². The van der Waals surface area contributed by atoms with Crippen LogP contribution in [0, 0.1) is 0 Å². The van der Waals surface area contributed by atoms with Crippen LogP contribution in [0.4, 0.5) is 0 Å². The molecule has 0 bridgehead atoms. The summed E-state index contributed by atoms with van der Waals surface area (Å²) in [6.07, 6.45) is 2.99. The van der Waals surface area contributed by atoms with Gasteiger partial charge in [0.05, 0.1) is 5.52 Å². The predicted molar refractivity (Wildman–Crippen MR) is 63.4 cm³/mol. The molecule has 1 aliphatic rings. The summed E-state index contributed by atoms with van der Waals surface area (Å²) in [6, 6.07) is 3.97. The summed E-state index contributed by atoms with van der Waals surface area (Å²) in [5.41, 5.74) is 1.89. The van der Waals surface area contributed by atoms with E-state index in [-0.39, 0.29) is 0 Å². The second kappa shape index (κ2) is 3.87. The van der Waals surface area contributed by atoms with Gasteiger partial charge in [-0.3, -0.25) is 0 Å². The first kappa shape index (κ1) is 9.78. The number of likely N-dealkylation sites (N-methyl/N-ethyl adjacent to an activating group) is 1. The summed E-state index contributed by atoms with van der Waals surface area (Å²) in [6.45, 7) is 5.65. The summed E-state index contributed by atoms with van der Waals surface area (Å²) in [4.78, 5) is 14.7. The van der Waals surface area contributed by atoms with Crippen LogP contribution in [0.2, 0.25) is 0 Å². The molecule has 0 aromatic carbocycles. The molecule has 0 amide bonds. The number of aromatic nitrogens is 3. The van der Waals surface area contributed by atoms with Crippen molar-refractivity contribution in [3.8, 4) is 0 Å². The molecule has 3 heterocycles. The number of pyridine rings is 1. The van der Waals surface area contributed by atoms with Crippen LogP contribution in [-0.4, -0.2) is 39.5 Å². The van der Waals surface area contributed by atoms with Crippen molar-refractivity contribution in [2.45, 2.75) is 19.3 Å². The fraction of sp³-hybridized carbons (Fsp3) is 0.500. The van der Waals surface area contributed by atoms with Crippen molar-refractivity contribution < 1.29 is 0 Å². The highest BCUT2D eigenvalue weighted by molar-refractivity contribution is 5.70. The zero-order valence-corrected chi connectivity index (χ0v) is 9.48. The second-order valence-electron chi connectivity index (χ2n) is 4.38. The van der Waals surface area contributed by atoms with Crippen molar-refractivity contribution in [1.29, 1.82) is 0 Å². The number of rotatable bonds is 2. The molecule has 1 N–H and O–H groups in total. The van der Waals surface area contributed by atoms with Crippen LogP contribution in [0.1, 0.15) is 25.1 Å². The molecule has 1 atom stereocenters. The van der Waals surface area contributed by atoms with Crippen LogP contribution in [0.15, 0.2) is 18.3 Å². The van der Waals surface area contributed by atoms with E-state index in [1.807, 2.05) is 12.1 Å². The maximum Gasteiger partial charge on any atom is 0.177 e. The Morgan fingerprint density at radius 2 is 2.50 bits per heavy atom. The molecular formula is C12H16N4. The molecule has 1 aliphatic heterocycles. The topological polar surface area (TPSA) is 44.8 Å². The van der Waals surface area contributed by atoms with E-state index in [0.717, 1.165) is 30.1 Å². The third kappa shape index (κ3) is 1.59. The SMILES string of the molecule is CCN1CCC(c2nc3ncccc3[nH]2)C1. The van der Waals surface area contributed by atoms with Gasteiger partial charge >= 0.3 is 0 Å². The lowest BCUT2D eigenvalue weighted by Gasteiger charge is -2.11. The van der Waals surface area contributed by atoms with Crippen LogP contribution < -0.4 is 0 Å². The molecule has 2 aromatic heterocycles. The molecule has 0 saturated carbocycles. The average Bonchev–Trinajstić information content (AvgIpc) is 2.95. The normalized spacial score (nSPS) is 21.9. The molecule has 0 spiro atoms. The van der Waals surface area contributed by atoms with Gasteiger partial charge in [0.1, 0.15) is 5.82 Å². The molecule has 0 aliphatic carbocycles. The van der Waals surface area contributed by atoms with E-state index in [9.17, 15) is 0 Å². The monoisotopic (exact) mass is 216 g/mol. The Morgan fingerprint density at radius 3 is 3.25 bits per heavy atom. The number of likely N-dealkylation sites (tertiary alicyclic amines) is 1. The highest BCUT2D eigenvalue weighted by Crippen LogP contribution is 2.25. The van der Waals surface area contributed by atoms with E-state index < -0.39 is 0 Å². The lowest BCUT2D eigenvalue weighted by molar-refractivity contribution is 0.353. The van der Waals surface area contributed by atoms with E-state index >= 15 is 0 Å². The largest absolute Gasteiger partial charge is 0.340 e. The van der Waals surface area contributed by atoms with Crippen molar-refractivity contribution in [2.24, 2.45) is 0 Å². The van der Waals surface area contributed by atoms with Gasteiger partial charge in [-0.05, 0) is 31.6 Å². The van der Waals surface area contributed by atoms with E-state index in [1.165, 1.54) is 13.0 Å². The molecule has 4 heteroatoms. The van der Waals surface area contributed by atoms with Crippen LogP contribution in [0.5, 0.6) is 0 Å². The fourth-order valence-electron chi connectivity index (χ4n) is 2.40. The number of H-pyrrole nitrogens is 1. The molecule has 3 rings (SSSR count). The van der Waals surface area contributed by atoms with E-state index in [0.29, 0.717) is 5.92 Å². The first-order valence-electron chi connectivity index (χ1n) is 5.90. The zero-order valence-electron chi connectivity index (χ0n) is 9.48. The van der Waals surface area contributed by atoms with Gasteiger partial charge in [0.2, 0.25) is 0 Å². The van der Waals surface area contributed by atoms with Crippen LogP contribution >= 0.6 is 0 Å². The Morgan fingerprint density at radius 1 is 1.56 bits per heavy atom. The third-order valence-corrected chi connectivity index (χ3v) is 3.38. The highest BCUT2D eigenvalue weighted by Gasteiger charge is 2.25. The van der Waals surface area contributed by atoms with Crippen molar-refractivity contribution in [3.05, 3.63) is 24.2 Å². The molecule has 16 heavy (non-hydrogen) atoms. The molecule has 1 saturated heterocycles. The van der Waals surface area contributed by atoms with Crippen molar-refractivity contribution >= 4 is 11.2 Å². The number of nitrogens with one attached hydrogen (secondary N) is 1. The standard InChI is InChI=1S/C12H16N4/c1-2-16-7-5-9(8-16)11-14-10-4-3-6-13-12(10)15-11/h3-4,6,9H,2,5,7-8H2,1H3,(H,13,14,15). The minimum atomic E-state index is 0.550. The molecule has 2 aromatic rings. The van der Waals surface area contributed by atoms with Crippen LogP contribution in [-0.2, 0) is 0 Å². The van der Waals surface area contributed by atoms with Gasteiger partial charge in [0.15, 0.2) is 5.65 Å². The maximum absolute atomic E-state index is 4.57. The van der Waals surface area contributed by atoms with E-state index in [4.69, 9.17) is 0 Å². The second-order valence-corrected chi connectivity index (χ2v) is 4.38. The smallest absolute Gasteiger partial charge is 0.177 e. The number of hydrogen-bond acceptors (Lipinski definition) is 3. The van der Waals surface area contributed by atoms with E-state index in [2.05, 4.69) is 26.8 Å². The van der Waals surface area contributed by atoms with Gasteiger partial charge in [0, 0.05) is 18.7 Å². The van der Waals surface area contributed by atoms with Gasteiger partial charge < -0.3 is 9.88 Å². The van der Waals surface area contributed by atoms with Gasteiger partial charge in [-0.2, -0.15) is 0 Å². The molecule has 4 nitrogen and oxygen atoms in total. The van der Waals surface area contributed by atoms with Crippen LogP contribution in [0.3, 0.4) is 0 Å². The highest BCUT2D eigenvalue weighted by atomic mass is 15.1. The Balaban J connectivity index is 1.89. The summed E-state index contributed by atoms with van der Waals surface area (Å²) < 4.78 is 0. The maximum atomic E-state index is 4.57. The number of nitrogens with zero attached hydrogens (tertiary/aromatic N) is 3. The summed E-state index contributed by atoms with van der Waals surface area (Å²) in [5.74, 6) is 1.65. The van der Waals surface area contributed by atoms with Crippen molar-refractivity contribution in [1.82, 2.24) is 19.9 Å². The first-order chi connectivity index (χ1) is 7.86. The number of fused-ring (bicyclic) bond motifs is 1. The zero-order chi connectivity index (χ0) is 11.0. The average molecular weight is 216 g/mol. The quantitative estimate of drug-likeness (QED) is 0.832. The molecule has 1 unspecified atom stereocenters. The Hall–Kier alpha value is -1.42. The first-order valence-corrected chi connectivity index (χ1v) is 5.90. The molecular weight excluding hydrogens is 200 g/mol. The van der Waals surface area contributed by atoms with Gasteiger partial charge in [-0.25, -0.2) is 9.97 Å². The Kier molecular flexibility index (Phi) is 2.36. The Bertz CT molecular complexity index is 457. The fourth-order valence-corrected chi connectivity index (χ4v) is 2.40. The Labute approximate surface area is 94.7 Å². The molecule has 0 radical (unpaired) electrons. The number of imidazole rings is 1. The number of hydrogen-bond donors (Lipinski definition) is 1. The molecule has 1 fully saturated rings. The number of aromatic amines is 1. The molecule has 84 valence electrons. The minimum Gasteiger partial charge on any atom is -0.340 e. The van der Waals surface area contributed by atoms with Gasteiger partial charge in [0.25, 0.3) is 0 Å². The van der Waals surface area contributed by atoms with Gasteiger partial charge in [-0.1, -0.05) is 6.92 Å². The minimum absolute atomic E-state index is 0.550. The summed E-state index contributed by atoms with van der Waals surface area (Å²) >= 11 is 0. The van der Waals surface area contributed by atoms with Crippen molar-refractivity contribution in [2.75, 3.05) is 19.6 Å². The lowest BCUT2D eigenvalue weighted by atomic mass is 10.1. The van der Waals surface area contributed by atoms with Crippen molar-refractivity contribution in [3.63, 3.8) is 0 Å². The van der Waals surface area contributed by atoms with Gasteiger partial charge in [-0.15, -0.1) is 0 Å². The van der Waals surface area contributed by atoms with Crippen LogP contribution in [0.25, 0.3) is 11.2 Å². The predicted octanol–water partition coefficient (Wildman–Crippen LogP) is 1.77. The summed E-state index contributed by atoms with van der Waals surface area (Å²) in [7, 11) is 0. The summed E-state index contributed by atoms with van der Waals surface area (Å²) in [5, 5.41) is 0. The third-order valence-electron chi connectivity index (χ3n) is 3.38. The lowest BCUT2D eigenvalue weighted by Crippen LogP contribution is -2.19.